The molecule has 0 atom stereocenters. The van der Waals surface area contributed by atoms with Crippen molar-refractivity contribution in [2.24, 2.45) is 5.73 Å². The quantitative estimate of drug-likeness (QED) is 0.819. The second-order valence-electron chi connectivity index (χ2n) is 3.58. The first-order chi connectivity index (χ1) is 8.38. The molecule has 0 radical (unpaired) electrons. The van der Waals surface area contributed by atoms with Crippen LogP contribution < -0.4 is 10.5 Å². The van der Waals surface area contributed by atoms with Crippen LogP contribution in [0.4, 0.5) is 0 Å². The highest BCUT2D eigenvalue weighted by Gasteiger charge is 2.05. The van der Waals surface area contributed by atoms with E-state index in [4.69, 9.17) is 14.9 Å². The number of aromatic nitrogens is 2. The number of rotatable bonds is 6. The van der Waals surface area contributed by atoms with E-state index in [0.717, 1.165) is 18.6 Å². The summed E-state index contributed by atoms with van der Waals surface area (Å²) in [6, 6.07) is 9.52. The van der Waals surface area contributed by atoms with Crippen molar-refractivity contribution in [2.75, 3.05) is 6.54 Å². The van der Waals surface area contributed by atoms with Crippen molar-refractivity contribution < 1.29 is 9.15 Å². The average molecular weight is 233 g/mol. The lowest BCUT2D eigenvalue weighted by molar-refractivity contribution is 0.258. The highest BCUT2D eigenvalue weighted by atomic mass is 16.5. The molecule has 0 unspecified atom stereocenters. The van der Waals surface area contributed by atoms with Crippen LogP contribution in [-0.4, -0.2) is 16.7 Å². The van der Waals surface area contributed by atoms with E-state index in [2.05, 4.69) is 10.2 Å². The molecule has 0 saturated heterocycles. The molecule has 0 fully saturated rings. The fraction of sp³-hybridized carbons (Fsp3) is 0.333. The summed E-state index contributed by atoms with van der Waals surface area (Å²) in [6.45, 7) is 0.915. The van der Waals surface area contributed by atoms with Gasteiger partial charge < -0.3 is 14.9 Å². The fourth-order valence-electron chi connectivity index (χ4n) is 1.36. The van der Waals surface area contributed by atoms with Gasteiger partial charge in [0.05, 0.1) is 0 Å². The number of nitrogens with two attached hydrogens (primary N) is 1. The van der Waals surface area contributed by atoms with Crippen LogP contribution in [0.3, 0.4) is 0 Å². The zero-order chi connectivity index (χ0) is 11.9. The Bertz CT molecular complexity index is 442. The third kappa shape index (κ3) is 3.57. The highest BCUT2D eigenvalue weighted by molar-refractivity contribution is 5.20. The third-order valence-corrected chi connectivity index (χ3v) is 2.21. The molecule has 90 valence electrons. The number of hydrogen-bond acceptors (Lipinski definition) is 5. The molecule has 0 bridgehead atoms. The Morgan fingerprint density at radius 3 is 2.65 bits per heavy atom. The molecular formula is C12H15N3O2. The molecular weight excluding hydrogens is 218 g/mol. The van der Waals surface area contributed by atoms with Crippen molar-refractivity contribution in [1.82, 2.24) is 10.2 Å². The summed E-state index contributed by atoms with van der Waals surface area (Å²) < 4.78 is 10.9. The molecule has 0 aliphatic rings. The standard InChI is InChI=1S/C12H15N3O2/c13-8-4-7-11-14-15-12(17-11)9-16-10-5-2-1-3-6-10/h1-3,5-6H,4,7-9,13H2. The molecule has 2 aromatic rings. The van der Waals surface area contributed by atoms with E-state index in [1.54, 1.807) is 0 Å². The summed E-state index contributed by atoms with van der Waals surface area (Å²) in [5.41, 5.74) is 5.40. The Morgan fingerprint density at radius 2 is 1.88 bits per heavy atom. The molecule has 0 saturated carbocycles. The first kappa shape index (κ1) is 11.6. The van der Waals surface area contributed by atoms with Gasteiger partial charge in [-0.1, -0.05) is 18.2 Å². The predicted molar refractivity (Wildman–Crippen MR) is 62.4 cm³/mol. The van der Waals surface area contributed by atoms with Gasteiger partial charge in [-0.15, -0.1) is 10.2 Å². The van der Waals surface area contributed by atoms with Gasteiger partial charge in [0.2, 0.25) is 5.89 Å². The van der Waals surface area contributed by atoms with Crippen LogP contribution in [-0.2, 0) is 13.0 Å². The maximum Gasteiger partial charge on any atom is 0.253 e. The van der Waals surface area contributed by atoms with Crippen molar-refractivity contribution in [1.29, 1.82) is 0 Å². The van der Waals surface area contributed by atoms with Gasteiger partial charge >= 0.3 is 0 Å². The van der Waals surface area contributed by atoms with Gasteiger partial charge in [-0.05, 0) is 25.1 Å². The van der Waals surface area contributed by atoms with Crippen LogP contribution in [0.15, 0.2) is 34.7 Å². The SMILES string of the molecule is NCCCc1nnc(COc2ccccc2)o1. The molecule has 1 aromatic heterocycles. The molecule has 0 amide bonds. The van der Waals surface area contributed by atoms with E-state index in [0.29, 0.717) is 24.9 Å². The average Bonchev–Trinajstić information content (AvgIpc) is 2.83. The Balaban J connectivity index is 1.85. The van der Waals surface area contributed by atoms with Crippen LogP contribution in [0.2, 0.25) is 0 Å². The summed E-state index contributed by atoms with van der Waals surface area (Å²) >= 11 is 0. The number of hydrogen-bond donors (Lipinski definition) is 1. The van der Waals surface area contributed by atoms with Crippen molar-refractivity contribution in [3.8, 4) is 5.75 Å². The summed E-state index contributed by atoms with van der Waals surface area (Å²) in [4.78, 5) is 0. The highest BCUT2D eigenvalue weighted by Crippen LogP contribution is 2.11. The van der Waals surface area contributed by atoms with E-state index in [9.17, 15) is 0 Å². The van der Waals surface area contributed by atoms with Crippen molar-refractivity contribution in [3.05, 3.63) is 42.1 Å². The molecule has 0 aliphatic heterocycles. The minimum Gasteiger partial charge on any atom is -0.484 e. The maximum atomic E-state index is 5.49. The summed E-state index contributed by atoms with van der Waals surface area (Å²) in [5, 5.41) is 7.82. The lowest BCUT2D eigenvalue weighted by atomic mass is 10.3. The lowest BCUT2D eigenvalue weighted by Crippen LogP contribution is -2.00. The summed E-state index contributed by atoms with van der Waals surface area (Å²) in [6.07, 6.45) is 1.57. The van der Waals surface area contributed by atoms with Gasteiger partial charge in [-0.3, -0.25) is 0 Å². The number of benzene rings is 1. The van der Waals surface area contributed by atoms with Gasteiger partial charge in [0.25, 0.3) is 5.89 Å². The van der Waals surface area contributed by atoms with Crippen molar-refractivity contribution >= 4 is 0 Å². The Morgan fingerprint density at radius 1 is 1.12 bits per heavy atom. The Hall–Kier alpha value is -1.88. The Labute approximate surface area is 99.6 Å². The van der Waals surface area contributed by atoms with E-state index >= 15 is 0 Å². The topological polar surface area (TPSA) is 74.2 Å². The molecule has 17 heavy (non-hydrogen) atoms. The van der Waals surface area contributed by atoms with Crippen molar-refractivity contribution in [2.45, 2.75) is 19.4 Å². The number of nitrogens with zero attached hydrogens (tertiary/aromatic N) is 2. The molecule has 5 nitrogen and oxygen atoms in total. The molecule has 1 heterocycles. The number of aryl methyl sites for hydroxylation is 1. The second-order valence-corrected chi connectivity index (χ2v) is 3.58. The monoisotopic (exact) mass is 233 g/mol. The largest absolute Gasteiger partial charge is 0.484 e. The van der Waals surface area contributed by atoms with E-state index in [1.807, 2.05) is 30.3 Å². The molecule has 2 N–H and O–H groups in total. The van der Waals surface area contributed by atoms with Crippen LogP contribution in [0.5, 0.6) is 5.75 Å². The van der Waals surface area contributed by atoms with Crippen LogP contribution in [0.25, 0.3) is 0 Å². The normalized spacial score (nSPS) is 10.4. The zero-order valence-corrected chi connectivity index (χ0v) is 9.50. The number of para-hydroxylation sites is 1. The Kier molecular flexibility index (Phi) is 4.10. The lowest BCUT2D eigenvalue weighted by Gasteiger charge is -2.01. The van der Waals surface area contributed by atoms with E-state index < -0.39 is 0 Å². The van der Waals surface area contributed by atoms with Gasteiger partial charge in [0.1, 0.15) is 5.75 Å². The first-order valence-electron chi connectivity index (χ1n) is 5.57. The van der Waals surface area contributed by atoms with Crippen molar-refractivity contribution in [3.63, 3.8) is 0 Å². The zero-order valence-electron chi connectivity index (χ0n) is 9.50. The summed E-state index contributed by atoms with van der Waals surface area (Å²) in [5.74, 6) is 1.89. The number of ether oxygens (including phenoxy) is 1. The van der Waals surface area contributed by atoms with Gasteiger partial charge in [-0.25, -0.2) is 0 Å². The third-order valence-electron chi connectivity index (χ3n) is 2.21. The molecule has 5 heteroatoms. The minimum absolute atomic E-state index is 0.291. The van der Waals surface area contributed by atoms with Gasteiger partial charge in [-0.2, -0.15) is 0 Å². The van der Waals surface area contributed by atoms with Crippen LogP contribution >= 0.6 is 0 Å². The fourth-order valence-corrected chi connectivity index (χ4v) is 1.36. The molecule has 0 spiro atoms. The second kappa shape index (κ2) is 6.00. The summed E-state index contributed by atoms with van der Waals surface area (Å²) in [7, 11) is 0. The maximum absolute atomic E-state index is 5.49. The van der Waals surface area contributed by atoms with Gasteiger partial charge in [0.15, 0.2) is 6.61 Å². The van der Waals surface area contributed by atoms with Crippen LogP contribution in [0.1, 0.15) is 18.2 Å². The minimum atomic E-state index is 0.291. The predicted octanol–water partition coefficient (Wildman–Crippen LogP) is 1.54. The van der Waals surface area contributed by atoms with E-state index in [1.165, 1.54) is 0 Å². The first-order valence-corrected chi connectivity index (χ1v) is 5.57. The molecule has 1 aromatic carbocycles. The molecule has 0 aliphatic carbocycles. The molecule has 2 rings (SSSR count). The van der Waals surface area contributed by atoms with Gasteiger partial charge in [0, 0.05) is 6.42 Å². The van der Waals surface area contributed by atoms with Crippen LogP contribution in [0, 0.1) is 0 Å². The van der Waals surface area contributed by atoms with E-state index in [-0.39, 0.29) is 0 Å². The smallest absolute Gasteiger partial charge is 0.253 e.